The monoisotopic (exact) mass is 960 g/mol. The van der Waals surface area contributed by atoms with Crippen molar-refractivity contribution in [1.29, 1.82) is 0 Å². The van der Waals surface area contributed by atoms with E-state index >= 15 is 0 Å². The van der Waals surface area contributed by atoms with Gasteiger partial charge in [0.1, 0.15) is 11.5 Å². The third-order valence-corrected chi connectivity index (χ3v) is 9.28. The summed E-state index contributed by atoms with van der Waals surface area (Å²) in [4.78, 5) is 0. The molecule has 0 saturated heterocycles. The Bertz CT molecular complexity index is 2780. The van der Waals surface area contributed by atoms with Crippen LogP contribution in [0.4, 0.5) is 0 Å². The van der Waals surface area contributed by atoms with Crippen LogP contribution in [0.15, 0.2) is 166 Å². The number of phenolic OH excluding ortho intramolecular Hbond substituents is 2. The molecule has 0 aromatic heterocycles. The Labute approximate surface area is 405 Å². The Morgan fingerprint density at radius 3 is 1.03 bits per heavy atom. The number of fused-ring (bicyclic) bond motifs is 4. The first-order valence-corrected chi connectivity index (χ1v) is 19.5. The first-order valence-electron chi connectivity index (χ1n) is 19.5. The van der Waals surface area contributed by atoms with Gasteiger partial charge >= 0.3 is 0 Å². The fourth-order valence-corrected chi connectivity index (χ4v) is 6.50. The maximum Gasteiger partial charge on any atom is 0.124 e. The summed E-state index contributed by atoms with van der Waals surface area (Å²) in [5, 5.41) is 110. The summed E-state index contributed by atoms with van der Waals surface area (Å²) in [5.74, 6) is -2.03. The summed E-state index contributed by atoms with van der Waals surface area (Å²) >= 11 is 0. The van der Waals surface area contributed by atoms with E-state index in [1.165, 1.54) is 24.3 Å². The summed E-state index contributed by atoms with van der Waals surface area (Å²) in [6.45, 7) is 6.42. The van der Waals surface area contributed by atoms with Crippen LogP contribution in [0, 0.1) is 0 Å². The summed E-state index contributed by atoms with van der Waals surface area (Å²) in [7, 11) is 0. The predicted octanol–water partition coefficient (Wildman–Crippen LogP) is 5.10. The van der Waals surface area contributed by atoms with Gasteiger partial charge < -0.3 is 51.8 Å². The van der Waals surface area contributed by atoms with Crippen LogP contribution in [0.5, 0.6) is 23.0 Å². The van der Waals surface area contributed by atoms with Gasteiger partial charge in [0.2, 0.25) is 0 Å². The quantitative estimate of drug-likeness (QED) is 0.128. The van der Waals surface area contributed by atoms with Gasteiger partial charge in [-0.05, 0) is 92.3 Å². The molecule has 0 spiro atoms. The second-order valence-corrected chi connectivity index (χ2v) is 13.5. The minimum Gasteiger partial charge on any atom is -2.00 e. The summed E-state index contributed by atoms with van der Waals surface area (Å²) < 4.78 is 0. The molecule has 0 heterocycles. The molecule has 342 valence electrons. The van der Waals surface area contributed by atoms with Crippen molar-refractivity contribution in [2.45, 2.75) is 27.7 Å². The van der Waals surface area contributed by atoms with Crippen molar-refractivity contribution in [3.05, 3.63) is 168 Å². The molecule has 0 saturated carbocycles. The molecule has 0 amide bonds. The smallest absolute Gasteiger partial charge is 0.124 e. The average Bonchev–Trinajstić information content (AvgIpc) is 3.27. The van der Waals surface area contributed by atoms with Crippen LogP contribution in [0.3, 0.4) is 0 Å². The van der Waals surface area contributed by atoms with E-state index in [2.05, 4.69) is 20.4 Å². The minimum atomic E-state index is -0.671. The SMILES string of the molecule is C/C(=N\N=C(/[O-])c1cc2ccccc2cc1O)c1c([O-])ccc2ccccc12.C/C(=N\N=C(/[O-])c1cc2ccccc2cc1O)c1c([O-])ccc2ccccc12.CC[O-].CC[O-].[O-2].[O-2].[V].[V]. The average molecular weight is 961 g/mol. The van der Waals surface area contributed by atoms with Gasteiger partial charge in [0.25, 0.3) is 0 Å². The maximum absolute atomic E-state index is 12.5. The van der Waals surface area contributed by atoms with Crippen molar-refractivity contribution in [2.75, 3.05) is 13.2 Å². The Kier molecular flexibility index (Phi) is 23.9. The number of aromatic hydroxyl groups is 2. The Hall–Kier alpha value is -6.71. The van der Waals surface area contributed by atoms with Crippen molar-refractivity contribution < 1.29 is 88.9 Å². The molecule has 2 N–H and O–H groups in total. The fraction of sp³-hybridized carbons (Fsp3) is 0.120. The van der Waals surface area contributed by atoms with Gasteiger partial charge in [0.15, 0.2) is 0 Å². The molecule has 66 heavy (non-hydrogen) atoms. The first kappa shape index (κ1) is 57.3. The van der Waals surface area contributed by atoms with Crippen molar-refractivity contribution in [3.8, 4) is 23.0 Å². The van der Waals surface area contributed by atoms with Crippen LogP contribution in [-0.4, -0.2) is 46.6 Å². The Morgan fingerprint density at radius 1 is 0.439 bits per heavy atom. The molecule has 0 atom stereocenters. The molecule has 0 aliphatic carbocycles. The summed E-state index contributed by atoms with van der Waals surface area (Å²) in [5.41, 5.74) is 1.65. The van der Waals surface area contributed by atoms with Crippen LogP contribution < -0.4 is 30.6 Å². The number of benzene rings is 8. The second kappa shape index (κ2) is 27.6. The van der Waals surface area contributed by atoms with Crippen LogP contribution in [-0.2, 0) is 48.1 Å². The molecule has 0 bridgehead atoms. The van der Waals surface area contributed by atoms with Crippen molar-refractivity contribution >= 4 is 66.3 Å². The maximum atomic E-state index is 12.5. The molecule has 2 radical (unpaired) electrons. The molecule has 8 aromatic carbocycles. The van der Waals surface area contributed by atoms with Gasteiger partial charge in [-0.15, -0.1) is 13.2 Å². The molecular weight excluding hydrogens is 918 g/mol. The van der Waals surface area contributed by atoms with E-state index in [9.17, 15) is 30.6 Å². The van der Waals surface area contributed by atoms with E-state index in [0.717, 1.165) is 43.1 Å². The Morgan fingerprint density at radius 2 is 0.712 bits per heavy atom. The Balaban J connectivity index is 0.000000559. The predicted molar refractivity (Wildman–Crippen MR) is 238 cm³/mol. The third-order valence-electron chi connectivity index (χ3n) is 9.28. The number of hydrogen-bond acceptors (Lipinski definition) is 12. The zero-order valence-corrected chi connectivity index (χ0v) is 38.9. The van der Waals surface area contributed by atoms with Crippen molar-refractivity contribution in [1.82, 2.24) is 0 Å². The van der Waals surface area contributed by atoms with E-state index in [-0.39, 0.29) is 95.4 Å². The van der Waals surface area contributed by atoms with Crippen molar-refractivity contribution in [3.63, 3.8) is 0 Å². The number of rotatable bonds is 6. The van der Waals surface area contributed by atoms with Crippen LogP contribution in [0.1, 0.15) is 49.9 Å². The molecule has 8 aromatic rings. The van der Waals surface area contributed by atoms with Gasteiger partial charge in [-0.2, -0.15) is 20.4 Å². The van der Waals surface area contributed by atoms with Gasteiger partial charge in [0.05, 0.1) is 11.4 Å². The standard InChI is InChI=1S/2C23H18N2O3.2C2H5O.2O.2V/c2*1-14(22-18-9-5-4-6-15(18)10-11-20(22)26)24-25-23(28)19-12-16-7-2-3-8-17(16)13-21(19)27;2*1-2-3;;;;/h2*2-13,26-27H,1H3,(H,25,28);2*2H2,1H3;;;;/q;;2*-1;2*-2;;/p-4/b2*24-14+;;;;;;. The molecule has 8 rings (SSSR count). The molecule has 0 aliphatic heterocycles. The van der Waals surface area contributed by atoms with Gasteiger partial charge in [-0.1, -0.05) is 147 Å². The minimum absolute atomic E-state index is 0. The largest absolute Gasteiger partial charge is 2.00 e. The zero-order valence-electron chi connectivity index (χ0n) is 36.1. The van der Waals surface area contributed by atoms with Crippen LogP contribution in [0.25, 0.3) is 43.1 Å². The van der Waals surface area contributed by atoms with Crippen molar-refractivity contribution in [2.24, 2.45) is 20.4 Å². The summed E-state index contributed by atoms with van der Waals surface area (Å²) in [6, 6.07) is 42.4. The van der Waals surface area contributed by atoms with E-state index in [4.69, 9.17) is 10.2 Å². The topological polar surface area (TPSA) is 285 Å². The first-order chi connectivity index (χ1) is 29.9. The molecule has 0 unspecified atom stereocenters. The summed E-state index contributed by atoms with van der Waals surface area (Å²) in [6.07, 6.45) is 0. The third kappa shape index (κ3) is 14.1. The molecule has 16 heteroatoms. The molecule has 0 aliphatic rings. The number of hydrogen-bond donors (Lipinski definition) is 2. The van der Waals surface area contributed by atoms with Crippen LogP contribution in [0.2, 0.25) is 0 Å². The van der Waals surface area contributed by atoms with Gasteiger partial charge in [-0.3, -0.25) is 0 Å². The van der Waals surface area contributed by atoms with E-state index in [1.807, 2.05) is 97.1 Å². The van der Waals surface area contributed by atoms with Gasteiger partial charge in [-0.25, -0.2) is 0 Å². The second-order valence-electron chi connectivity index (χ2n) is 13.5. The number of nitrogens with zero attached hydrogens (tertiary/aromatic N) is 4. The van der Waals surface area contributed by atoms with E-state index in [0.29, 0.717) is 22.6 Å². The molecular formula is C50H42N4O10V2-10. The number of phenols is 2. The zero-order chi connectivity index (χ0) is 44.8. The van der Waals surface area contributed by atoms with Crippen LogP contribution >= 0.6 is 0 Å². The van der Waals surface area contributed by atoms with E-state index in [1.54, 1.807) is 52.0 Å². The molecule has 0 fully saturated rings. The molecule has 14 nitrogen and oxygen atoms in total. The normalized spacial score (nSPS) is 11.2. The van der Waals surface area contributed by atoms with Gasteiger partial charge in [0, 0.05) is 60.0 Å². The fourth-order valence-electron chi connectivity index (χ4n) is 6.50. The van der Waals surface area contributed by atoms with E-state index < -0.39 is 11.8 Å².